The highest BCUT2D eigenvalue weighted by molar-refractivity contribution is 7.99. The van der Waals surface area contributed by atoms with E-state index in [-0.39, 0.29) is 23.7 Å². The van der Waals surface area contributed by atoms with Gasteiger partial charge in [0.25, 0.3) is 5.56 Å². The number of halogens is 1. The quantitative estimate of drug-likeness (QED) is 0.839. The second kappa shape index (κ2) is 7.33. The average molecular weight is 318 g/mol. The Balaban J connectivity index is 2.04. The molecule has 0 amide bonds. The van der Waals surface area contributed by atoms with Gasteiger partial charge in [0.05, 0.1) is 25.0 Å². The van der Waals surface area contributed by atoms with E-state index in [1.54, 1.807) is 6.20 Å². The molecule has 0 spiro atoms. The van der Waals surface area contributed by atoms with Gasteiger partial charge in [-0.3, -0.25) is 4.79 Å². The lowest BCUT2D eigenvalue weighted by Crippen LogP contribution is -2.27. The van der Waals surface area contributed by atoms with Crippen LogP contribution in [-0.2, 0) is 6.54 Å². The zero-order valence-corrected chi connectivity index (χ0v) is 13.1. The molecule has 0 aliphatic heterocycles. The summed E-state index contributed by atoms with van der Waals surface area (Å²) in [6, 6.07) is 0.353. The van der Waals surface area contributed by atoms with Gasteiger partial charge in [-0.15, -0.1) is 0 Å². The molecule has 1 aromatic rings. The Morgan fingerprint density at radius 3 is 3.10 bits per heavy atom. The Morgan fingerprint density at radius 1 is 1.60 bits per heavy atom. The van der Waals surface area contributed by atoms with E-state index >= 15 is 0 Å². The fourth-order valence-corrected chi connectivity index (χ4v) is 3.84. The highest BCUT2D eigenvalue weighted by Gasteiger charge is 2.25. The van der Waals surface area contributed by atoms with Crippen molar-refractivity contribution in [2.75, 3.05) is 17.7 Å². The van der Waals surface area contributed by atoms with Crippen molar-refractivity contribution in [1.29, 1.82) is 0 Å². The molecule has 2 unspecified atom stereocenters. The van der Waals surface area contributed by atoms with Crippen LogP contribution in [0.1, 0.15) is 26.2 Å². The third kappa shape index (κ3) is 3.68. The molecule has 20 heavy (non-hydrogen) atoms. The second-order valence-corrected chi connectivity index (χ2v) is 6.81. The zero-order valence-electron chi connectivity index (χ0n) is 11.5. The number of rotatable bonds is 6. The minimum Gasteiger partial charge on any atom is -0.394 e. The molecule has 1 fully saturated rings. The van der Waals surface area contributed by atoms with E-state index in [1.165, 1.54) is 11.1 Å². The van der Waals surface area contributed by atoms with Crippen molar-refractivity contribution in [1.82, 2.24) is 9.78 Å². The molecule has 7 heteroatoms. The van der Waals surface area contributed by atoms with Crippen LogP contribution in [0.4, 0.5) is 5.69 Å². The van der Waals surface area contributed by atoms with Crippen molar-refractivity contribution in [3.8, 4) is 0 Å². The monoisotopic (exact) mass is 317 g/mol. The van der Waals surface area contributed by atoms with Gasteiger partial charge in [0, 0.05) is 11.3 Å². The van der Waals surface area contributed by atoms with Crippen LogP contribution in [0.5, 0.6) is 0 Å². The Labute approximate surface area is 127 Å². The van der Waals surface area contributed by atoms with Crippen LogP contribution in [0.15, 0.2) is 11.0 Å². The van der Waals surface area contributed by atoms with Gasteiger partial charge in [-0.2, -0.15) is 16.9 Å². The van der Waals surface area contributed by atoms with E-state index in [0.717, 1.165) is 18.6 Å². The van der Waals surface area contributed by atoms with E-state index in [9.17, 15) is 4.79 Å². The van der Waals surface area contributed by atoms with Crippen LogP contribution < -0.4 is 10.9 Å². The number of aromatic nitrogens is 2. The van der Waals surface area contributed by atoms with Gasteiger partial charge >= 0.3 is 0 Å². The fraction of sp³-hybridized carbons (Fsp3) is 0.692. The normalized spacial score (nSPS) is 22.1. The predicted octanol–water partition coefficient (Wildman–Crippen LogP) is 1.98. The molecule has 112 valence electrons. The van der Waals surface area contributed by atoms with Crippen molar-refractivity contribution in [3.05, 3.63) is 21.6 Å². The predicted molar refractivity (Wildman–Crippen MR) is 83.8 cm³/mol. The number of anilines is 1. The highest BCUT2D eigenvalue weighted by Crippen LogP contribution is 2.32. The molecule has 2 N–H and O–H groups in total. The first-order valence-electron chi connectivity index (χ1n) is 6.90. The van der Waals surface area contributed by atoms with Crippen molar-refractivity contribution < 1.29 is 5.11 Å². The molecular weight excluding hydrogens is 298 g/mol. The van der Waals surface area contributed by atoms with Crippen LogP contribution in [-0.4, -0.2) is 38.5 Å². The smallest absolute Gasteiger partial charge is 0.287 e. The number of nitrogens with one attached hydrogen (secondary N) is 1. The molecule has 1 saturated carbocycles. The number of nitrogens with zero attached hydrogens (tertiary/aromatic N) is 2. The third-order valence-electron chi connectivity index (χ3n) is 3.44. The van der Waals surface area contributed by atoms with Gasteiger partial charge in [-0.25, -0.2) is 4.68 Å². The third-order valence-corrected chi connectivity index (χ3v) is 5.04. The van der Waals surface area contributed by atoms with E-state index < -0.39 is 0 Å². The number of hydrogen-bond acceptors (Lipinski definition) is 5. The molecular formula is C13H20ClN3O2S. The minimum absolute atomic E-state index is 0.130. The number of hydrogen-bond donors (Lipinski definition) is 2. The van der Waals surface area contributed by atoms with Crippen molar-refractivity contribution in [2.45, 2.75) is 44.0 Å². The summed E-state index contributed by atoms with van der Waals surface area (Å²) >= 11 is 8.07. The molecule has 1 aromatic heterocycles. The van der Waals surface area contributed by atoms with Crippen LogP contribution >= 0.6 is 23.4 Å². The van der Waals surface area contributed by atoms with Gasteiger partial charge in [-0.05, 0) is 25.0 Å². The van der Waals surface area contributed by atoms with Crippen LogP contribution in [0.3, 0.4) is 0 Å². The summed E-state index contributed by atoms with van der Waals surface area (Å²) in [6.45, 7) is 2.21. The summed E-state index contributed by atoms with van der Waals surface area (Å²) in [4.78, 5) is 11.9. The lowest BCUT2D eigenvalue weighted by atomic mass is 10.2. The van der Waals surface area contributed by atoms with Crippen molar-refractivity contribution >= 4 is 29.1 Å². The molecule has 1 aliphatic carbocycles. The van der Waals surface area contributed by atoms with Crippen molar-refractivity contribution in [2.24, 2.45) is 0 Å². The maximum atomic E-state index is 11.9. The molecule has 0 radical (unpaired) electrons. The fourth-order valence-electron chi connectivity index (χ4n) is 2.50. The topological polar surface area (TPSA) is 67.2 Å². The van der Waals surface area contributed by atoms with Crippen LogP contribution in [0.25, 0.3) is 0 Å². The second-order valence-electron chi connectivity index (χ2n) is 4.86. The largest absolute Gasteiger partial charge is 0.394 e. The number of aliphatic hydroxyl groups is 1. The first-order valence-corrected chi connectivity index (χ1v) is 8.33. The summed E-state index contributed by atoms with van der Waals surface area (Å²) in [5.74, 6) is 1.14. The molecule has 0 bridgehead atoms. The van der Waals surface area contributed by atoms with E-state index in [4.69, 9.17) is 16.7 Å². The van der Waals surface area contributed by atoms with E-state index in [2.05, 4.69) is 17.3 Å². The minimum atomic E-state index is -0.358. The lowest BCUT2D eigenvalue weighted by Gasteiger charge is -2.15. The Bertz CT molecular complexity index is 509. The number of aliphatic hydroxyl groups excluding tert-OH is 1. The summed E-state index contributed by atoms with van der Waals surface area (Å²) in [5.41, 5.74) is 0.237. The van der Waals surface area contributed by atoms with Gasteiger partial charge in [0.15, 0.2) is 0 Å². The summed E-state index contributed by atoms with van der Waals surface area (Å²) in [6.07, 6.45) is 4.95. The maximum absolute atomic E-state index is 11.9. The Kier molecular flexibility index (Phi) is 5.74. The van der Waals surface area contributed by atoms with Crippen LogP contribution in [0.2, 0.25) is 5.02 Å². The molecule has 0 aromatic carbocycles. The average Bonchev–Trinajstić information content (AvgIpc) is 2.86. The first-order chi connectivity index (χ1) is 9.65. The van der Waals surface area contributed by atoms with Gasteiger partial charge in [0.2, 0.25) is 0 Å². The lowest BCUT2D eigenvalue weighted by molar-refractivity contribution is 0.266. The zero-order chi connectivity index (χ0) is 14.5. The molecule has 1 heterocycles. The Hall–Kier alpha value is -0.720. The van der Waals surface area contributed by atoms with Gasteiger partial charge < -0.3 is 10.4 Å². The van der Waals surface area contributed by atoms with Gasteiger partial charge in [0.1, 0.15) is 5.02 Å². The SMILES string of the molecule is CCSC1CCC(Nc2cnn(CCO)c(=O)c2Cl)C1. The first kappa shape index (κ1) is 15.7. The number of thioether (sulfide) groups is 1. The summed E-state index contributed by atoms with van der Waals surface area (Å²) in [5, 5.41) is 17.0. The van der Waals surface area contributed by atoms with Gasteiger partial charge in [-0.1, -0.05) is 18.5 Å². The van der Waals surface area contributed by atoms with Crippen LogP contribution in [0, 0.1) is 0 Å². The highest BCUT2D eigenvalue weighted by atomic mass is 35.5. The van der Waals surface area contributed by atoms with E-state index in [0.29, 0.717) is 17.0 Å². The maximum Gasteiger partial charge on any atom is 0.287 e. The van der Waals surface area contributed by atoms with Crippen molar-refractivity contribution in [3.63, 3.8) is 0 Å². The Morgan fingerprint density at radius 2 is 2.40 bits per heavy atom. The molecule has 2 atom stereocenters. The standard InChI is InChI=1S/C13H20ClN3O2S/c1-2-20-10-4-3-9(7-10)16-11-8-15-17(5-6-18)13(19)12(11)14/h8-10,16,18H,2-7H2,1H3. The molecule has 2 rings (SSSR count). The summed E-state index contributed by atoms with van der Waals surface area (Å²) < 4.78 is 1.18. The molecule has 1 aliphatic rings. The summed E-state index contributed by atoms with van der Waals surface area (Å²) in [7, 11) is 0. The van der Waals surface area contributed by atoms with E-state index in [1.807, 2.05) is 11.8 Å². The molecule has 0 saturated heterocycles. The molecule has 5 nitrogen and oxygen atoms in total.